The Morgan fingerprint density at radius 2 is 1.57 bits per heavy atom. The van der Waals surface area contributed by atoms with Crippen LogP contribution in [0.2, 0.25) is 0 Å². The molecule has 0 fully saturated rings. The molecule has 14 heavy (non-hydrogen) atoms. The zero-order valence-corrected chi connectivity index (χ0v) is 11.7. The molecule has 3 nitrogen and oxygen atoms in total. The smallest absolute Gasteiger partial charge is 0.197 e. The van der Waals surface area contributed by atoms with E-state index in [1.807, 2.05) is 0 Å². The van der Waals surface area contributed by atoms with E-state index in [4.69, 9.17) is 0 Å². The van der Waals surface area contributed by atoms with Crippen molar-refractivity contribution in [1.82, 2.24) is 0 Å². The number of hydrogen-bond acceptors (Lipinski definition) is 3. The summed E-state index contributed by atoms with van der Waals surface area (Å²) in [5.74, 6) is -0.213. The van der Waals surface area contributed by atoms with Gasteiger partial charge in [0, 0.05) is 26.2 Å². The van der Waals surface area contributed by atoms with Crippen LogP contribution in [0, 0.1) is 0 Å². The molecule has 6 heteroatoms. The Balaban J connectivity index is 0. The molecule has 0 atom stereocenters. The summed E-state index contributed by atoms with van der Waals surface area (Å²) < 4.78 is 35.1. The van der Waals surface area contributed by atoms with Crippen molar-refractivity contribution in [3.63, 3.8) is 0 Å². The summed E-state index contributed by atoms with van der Waals surface area (Å²) in [5, 5.41) is 0. The second kappa shape index (κ2) is 10.2. The van der Waals surface area contributed by atoms with Crippen molar-refractivity contribution in [2.75, 3.05) is 5.75 Å². The molecule has 0 unspecified atom stereocenters. The SMILES string of the molecule is CCCCCCCCS(=O)(=O)OF.[Zr]. The van der Waals surface area contributed by atoms with Crippen LogP contribution < -0.4 is 0 Å². The maximum absolute atomic E-state index is 11.3. The summed E-state index contributed by atoms with van der Waals surface area (Å²) in [4.78, 5) is 0. The minimum atomic E-state index is -3.88. The molecule has 0 aromatic rings. The molecule has 0 aliphatic heterocycles. The van der Waals surface area contributed by atoms with Crippen molar-refractivity contribution in [2.24, 2.45) is 0 Å². The molecule has 0 spiro atoms. The predicted octanol–water partition coefficient (Wildman–Crippen LogP) is 2.58. The van der Waals surface area contributed by atoms with Gasteiger partial charge in [0.05, 0.1) is 5.75 Å². The minimum Gasteiger partial charge on any atom is -0.197 e. The van der Waals surface area contributed by atoms with Gasteiger partial charge in [0.15, 0.2) is 0 Å². The summed E-state index contributed by atoms with van der Waals surface area (Å²) in [6.07, 6.45) is 5.76. The van der Waals surface area contributed by atoms with Gasteiger partial charge in [-0.05, 0) is 10.9 Å². The molecule has 0 aliphatic rings. The molecule has 0 aromatic carbocycles. The van der Waals surface area contributed by atoms with Gasteiger partial charge in [0.1, 0.15) is 0 Å². The van der Waals surface area contributed by atoms with Gasteiger partial charge in [0.25, 0.3) is 10.1 Å². The standard InChI is InChI=1S/C8H17FO3S.Zr/c1-2-3-4-5-6-7-8-13(10,11)12-9;/h2-8H2,1H3;. The number of hydrogen-bond donors (Lipinski definition) is 0. The van der Waals surface area contributed by atoms with Crippen LogP contribution in [0.3, 0.4) is 0 Å². The van der Waals surface area contributed by atoms with E-state index >= 15 is 0 Å². The summed E-state index contributed by atoms with van der Waals surface area (Å²) >= 11 is 0. The van der Waals surface area contributed by atoms with Crippen molar-refractivity contribution in [3.8, 4) is 0 Å². The average Bonchev–Trinajstić information content (AvgIpc) is 2.11. The fourth-order valence-electron chi connectivity index (χ4n) is 1.09. The Hall–Kier alpha value is 0.723. The van der Waals surface area contributed by atoms with E-state index < -0.39 is 10.1 Å². The van der Waals surface area contributed by atoms with Crippen LogP contribution in [0.25, 0.3) is 0 Å². The molecule has 0 saturated carbocycles. The van der Waals surface area contributed by atoms with Gasteiger partial charge in [-0.2, -0.15) is 8.42 Å². The molecule has 0 aliphatic carbocycles. The molecule has 0 bridgehead atoms. The molecule has 0 radical (unpaired) electrons. The van der Waals surface area contributed by atoms with Crippen LogP contribution in [-0.4, -0.2) is 14.2 Å². The Morgan fingerprint density at radius 3 is 2.07 bits per heavy atom. The first-order valence-corrected chi connectivity index (χ1v) is 6.23. The average molecular weight is 304 g/mol. The van der Waals surface area contributed by atoms with E-state index in [0.717, 1.165) is 25.7 Å². The van der Waals surface area contributed by atoms with Crippen molar-refractivity contribution < 1.29 is 43.5 Å². The molecule has 84 valence electrons. The van der Waals surface area contributed by atoms with Gasteiger partial charge < -0.3 is 0 Å². The molecule has 0 aromatic heterocycles. The monoisotopic (exact) mass is 302 g/mol. The Morgan fingerprint density at radius 1 is 1.07 bits per heavy atom. The summed E-state index contributed by atoms with van der Waals surface area (Å²) in [6.45, 7) is 2.11. The minimum absolute atomic E-state index is 0. The van der Waals surface area contributed by atoms with E-state index in [1.54, 1.807) is 0 Å². The Bertz CT molecular complexity index is 207. The van der Waals surface area contributed by atoms with E-state index in [2.05, 4.69) is 11.3 Å². The molecule has 0 rings (SSSR count). The van der Waals surface area contributed by atoms with Gasteiger partial charge in [-0.3, -0.25) is 0 Å². The van der Waals surface area contributed by atoms with E-state index in [9.17, 15) is 12.9 Å². The van der Waals surface area contributed by atoms with Gasteiger partial charge in [-0.15, -0.1) is 0 Å². The molecular weight excluding hydrogens is 286 g/mol. The Kier molecular flexibility index (Phi) is 12.5. The normalized spacial score (nSPS) is 11.0. The molecular formula is C8H17FO3SZr. The number of halogens is 1. The summed E-state index contributed by atoms with van der Waals surface area (Å²) in [6, 6.07) is 0. The first kappa shape index (κ1) is 17.1. The van der Waals surface area contributed by atoms with Crippen molar-refractivity contribution >= 4 is 10.1 Å². The van der Waals surface area contributed by atoms with Crippen LogP contribution in [0.4, 0.5) is 4.53 Å². The van der Waals surface area contributed by atoms with Gasteiger partial charge >= 0.3 is 0 Å². The molecule has 0 saturated heterocycles. The second-order valence-corrected chi connectivity index (χ2v) is 4.74. The van der Waals surface area contributed by atoms with Crippen LogP contribution in [0.15, 0.2) is 0 Å². The molecule has 0 heterocycles. The first-order chi connectivity index (χ1) is 6.12. The quantitative estimate of drug-likeness (QED) is 0.647. The third kappa shape index (κ3) is 10.8. The van der Waals surface area contributed by atoms with E-state index in [1.165, 1.54) is 6.42 Å². The maximum Gasteiger partial charge on any atom is 0.297 e. The van der Waals surface area contributed by atoms with Crippen molar-refractivity contribution in [3.05, 3.63) is 0 Å². The van der Waals surface area contributed by atoms with Crippen LogP contribution in [-0.2, 0) is 40.7 Å². The second-order valence-electron chi connectivity index (χ2n) is 3.09. The molecule has 0 N–H and O–H groups in total. The zero-order chi connectivity index (χ0) is 10.2. The van der Waals surface area contributed by atoms with Crippen LogP contribution >= 0.6 is 0 Å². The number of rotatable bonds is 8. The number of unbranched alkanes of at least 4 members (excludes halogenated alkanes) is 5. The van der Waals surface area contributed by atoms with Gasteiger partial charge in [-0.1, -0.05) is 43.4 Å². The third-order valence-electron chi connectivity index (χ3n) is 1.84. The van der Waals surface area contributed by atoms with Crippen molar-refractivity contribution in [2.45, 2.75) is 45.4 Å². The van der Waals surface area contributed by atoms with Crippen molar-refractivity contribution in [1.29, 1.82) is 0 Å². The first-order valence-electron chi connectivity index (χ1n) is 4.65. The van der Waals surface area contributed by atoms with Gasteiger partial charge in [0.2, 0.25) is 0 Å². The van der Waals surface area contributed by atoms with Crippen LogP contribution in [0.1, 0.15) is 45.4 Å². The van der Waals surface area contributed by atoms with Gasteiger partial charge in [-0.25, -0.2) is 0 Å². The molecule has 0 amide bonds. The van der Waals surface area contributed by atoms with E-state index in [0.29, 0.717) is 6.42 Å². The zero-order valence-electron chi connectivity index (χ0n) is 8.46. The third-order valence-corrected chi connectivity index (χ3v) is 2.82. The maximum atomic E-state index is 11.3. The fraction of sp³-hybridized carbons (Fsp3) is 1.00. The Labute approximate surface area is 105 Å². The topological polar surface area (TPSA) is 43.4 Å². The summed E-state index contributed by atoms with van der Waals surface area (Å²) in [5.41, 5.74) is 0. The summed E-state index contributed by atoms with van der Waals surface area (Å²) in [7, 11) is -3.88. The largest absolute Gasteiger partial charge is 0.297 e. The van der Waals surface area contributed by atoms with Crippen LogP contribution in [0.5, 0.6) is 0 Å². The van der Waals surface area contributed by atoms with E-state index in [-0.39, 0.29) is 32.0 Å². The fourth-order valence-corrected chi connectivity index (χ4v) is 1.71. The predicted molar refractivity (Wildman–Crippen MR) is 49.4 cm³/mol.